The van der Waals surface area contributed by atoms with Gasteiger partial charge in [-0.2, -0.15) is 0 Å². The molecule has 20 heavy (non-hydrogen) atoms. The number of fused-ring (bicyclic) bond motifs is 1. The van der Waals surface area contributed by atoms with Crippen molar-refractivity contribution in [3.8, 4) is 0 Å². The Bertz CT molecular complexity index is 632. The zero-order valence-electron chi connectivity index (χ0n) is 12.4. The van der Waals surface area contributed by atoms with Crippen molar-refractivity contribution < 1.29 is 4.79 Å². The Morgan fingerprint density at radius 1 is 1.15 bits per heavy atom. The maximum absolute atomic E-state index is 11.9. The lowest BCUT2D eigenvalue weighted by molar-refractivity contribution is -0.123. The lowest BCUT2D eigenvalue weighted by atomic mass is 9.92. The van der Waals surface area contributed by atoms with Crippen LogP contribution in [0, 0.1) is 12.3 Å². The van der Waals surface area contributed by atoms with Gasteiger partial charge in [0.15, 0.2) is 0 Å². The summed E-state index contributed by atoms with van der Waals surface area (Å²) in [4.78, 5) is 21.1. The molecule has 0 saturated carbocycles. The molecule has 0 unspecified atom stereocenters. The molecule has 0 aliphatic rings. The molecule has 3 nitrogen and oxygen atoms in total. The number of para-hydroxylation sites is 2. The number of benzene rings is 1. The predicted octanol–water partition coefficient (Wildman–Crippen LogP) is 3.79. The zero-order valence-corrected chi connectivity index (χ0v) is 13.3. The van der Waals surface area contributed by atoms with Crippen LogP contribution in [0.3, 0.4) is 0 Å². The van der Waals surface area contributed by atoms with E-state index in [1.165, 1.54) is 0 Å². The second-order valence-electron chi connectivity index (χ2n) is 5.91. The number of aryl methyl sites for hydroxylation is 1. The topological polar surface area (TPSA) is 42.9 Å². The SMILES string of the molecule is Cc1nc2ccccc2nc1CSCC(=O)C(C)(C)C. The largest absolute Gasteiger partial charge is 0.298 e. The standard InChI is InChI=1S/C16H20N2OS/c1-11-14(9-20-10-15(19)16(2,3)4)18-13-8-6-5-7-12(13)17-11/h5-8H,9-10H2,1-4H3. The van der Waals surface area contributed by atoms with Gasteiger partial charge in [-0.05, 0) is 19.1 Å². The molecule has 0 amide bonds. The molecule has 0 aliphatic carbocycles. The number of thioether (sulfide) groups is 1. The van der Waals surface area contributed by atoms with Crippen LogP contribution in [0.5, 0.6) is 0 Å². The average molecular weight is 288 g/mol. The number of carbonyl (C=O) groups excluding carboxylic acids is 1. The molecule has 1 heterocycles. The van der Waals surface area contributed by atoms with Crippen LogP contribution in [0.1, 0.15) is 32.2 Å². The highest BCUT2D eigenvalue weighted by atomic mass is 32.2. The van der Waals surface area contributed by atoms with Gasteiger partial charge in [0.25, 0.3) is 0 Å². The Balaban J connectivity index is 2.07. The summed E-state index contributed by atoms with van der Waals surface area (Å²) in [5, 5.41) is 0. The third kappa shape index (κ3) is 3.57. The molecule has 0 fully saturated rings. The average Bonchev–Trinajstić information content (AvgIpc) is 2.38. The second-order valence-corrected chi connectivity index (χ2v) is 6.90. The van der Waals surface area contributed by atoms with Crippen LogP contribution in [0.25, 0.3) is 11.0 Å². The number of carbonyl (C=O) groups is 1. The minimum absolute atomic E-state index is 0.267. The highest BCUT2D eigenvalue weighted by Gasteiger charge is 2.20. The molecule has 0 bridgehead atoms. The Labute approximate surface area is 124 Å². The molecule has 0 radical (unpaired) electrons. The van der Waals surface area contributed by atoms with E-state index in [2.05, 4.69) is 9.97 Å². The fourth-order valence-corrected chi connectivity index (χ4v) is 2.91. The number of aromatic nitrogens is 2. The van der Waals surface area contributed by atoms with E-state index in [4.69, 9.17) is 0 Å². The predicted molar refractivity (Wildman–Crippen MR) is 84.9 cm³/mol. The van der Waals surface area contributed by atoms with Crippen LogP contribution in [0.15, 0.2) is 24.3 Å². The molecular formula is C16H20N2OS. The number of hydrogen-bond acceptors (Lipinski definition) is 4. The molecule has 0 aliphatic heterocycles. The molecule has 2 rings (SSSR count). The lowest BCUT2D eigenvalue weighted by Crippen LogP contribution is -2.22. The normalized spacial score (nSPS) is 11.8. The highest BCUT2D eigenvalue weighted by Crippen LogP contribution is 2.21. The van der Waals surface area contributed by atoms with Gasteiger partial charge in [-0.1, -0.05) is 32.9 Å². The quantitative estimate of drug-likeness (QED) is 0.858. The minimum Gasteiger partial charge on any atom is -0.298 e. The van der Waals surface area contributed by atoms with Gasteiger partial charge in [-0.15, -0.1) is 11.8 Å². The van der Waals surface area contributed by atoms with Crippen molar-refractivity contribution in [2.45, 2.75) is 33.4 Å². The maximum atomic E-state index is 11.9. The molecule has 4 heteroatoms. The highest BCUT2D eigenvalue weighted by molar-refractivity contribution is 7.99. The molecule has 0 N–H and O–H groups in total. The molecule has 1 aromatic heterocycles. The van der Waals surface area contributed by atoms with E-state index in [1.807, 2.05) is 52.0 Å². The molecular weight excluding hydrogens is 268 g/mol. The first kappa shape index (κ1) is 15.0. The first-order valence-corrected chi connectivity index (χ1v) is 7.87. The van der Waals surface area contributed by atoms with E-state index in [9.17, 15) is 4.79 Å². The monoisotopic (exact) mass is 288 g/mol. The van der Waals surface area contributed by atoms with Gasteiger partial charge in [0.1, 0.15) is 5.78 Å². The molecule has 0 atom stereocenters. The third-order valence-electron chi connectivity index (χ3n) is 3.15. The van der Waals surface area contributed by atoms with Gasteiger partial charge in [0, 0.05) is 11.2 Å². The van der Waals surface area contributed by atoms with Crippen LogP contribution in [0.4, 0.5) is 0 Å². The van der Waals surface area contributed by atoms with Crippen molar-refractivity contribution in [3.63, 3.8) is 0 Å². The Kier molecular flexibility index (Phi) is 4.43. The summed E-state index contributed by atoms with van der Waals surface area (Å²) in [6.07, 6.45) is 0. The summed E-state index contributed by atoms with van der Waals surface area (Å²) < 4.78 is 0. The number of Topliss-reactive ketones (excluding diaryl/α,β-unsaturated/α-hetero) is 1. The molecule has 106 valence electrons. The van der Waals surface area contributed by atoms with Crippen molar-refractivity contribution in [2.24, 2.45) is 5.41 Å². The third-order valence-corrected chi connectivity index (χ3v) is 4.10. The number of ketones is 1. The van der Waals surface area contributed by atoms with Gasteiger partial charge in [0.2, 0.25) is 0 Å². The van der Waals surface area contributed by atoms with Crippen molar-refractivity contribution in [1.29, 1.82) is 0 Å². The van der Waals surface area contributed by atoms with Crippen molar-refractivity contribution in [1.82, 2.24) is 9.97 Å². The van der Waals surface area contributed by atoms with Gasteiger partial charge in [-0.25, -0.2) is 9.97 Å². The molecule has 0 spiro atoms. The van der Waals surface area contributed by atoms with Gasteiger partial charge >= 0.3 is 0 Å². The van der Waals surface area contributed by atoms with Crippen LogP contribution in [0.2, 0.25) is 0 Å². The van der Waals surface area contributed by atoms with E-state index in [0.29, 0.717) is 5.75 Å². The smallest absolute Gasteiger partial charge is 0.148 e. The van der Waals surface area contributed by atoms with E-state index < -0.39 is 0 Å². The van der Waals surface area contributed by atoms with Gasteiger partial charge in [0.05, 0.1) is 28.2 Å². The summed E-state index contributed by atoms with van der Waals surface area (Å²) in [5.41, 5.74) is 3.48. The zero-order chi connectivity index (χ0) is 14.8. The summed E-state index contributed by atoms with van der Waals surface area (Å²) in [5.74, 6) is 1.53. The van der Waals surface area contributed by atoms with Crippen molar-refractivity contribution in [3.05, 3.63) is 35.7 Å². The number of rotatable bonds is 4. The fourth-order valence-electron chi connectivity index (χ4n) is 1.72. The fraction of sp³-hybridized carbons (Fsp3) is 0.438. The Morgan fingerprint density at radius 2 is 1.75 bits per heavy atom. The van der Waals surface area contributed by atoms with Gasteiger partial charge < -0.3 is 0 Å². The number of nitrogens with zero attached hydrogens (tertiary/aromatic N) is 2. The molecule has 2 aromatic rings. The van der Waals surface area contributed by atoms with E-state index in [-0.39, 0.29) is 11.2 Å². The summed E-state index contributed by atoms with van der Waals surface area (Å²) >= 11 is 1.61. The maximum Gasteiger partial charge on any atom is 0.148 e. The molecule has 1 aromatic carbocycles. The van der Waals surface area contributed by atoms with Crippen LogP contribution in [-0.2, 0) is 10.5 Å². The van der Waals surface area contributed by atoms with Crippen LogP contribution >= 0.6 is 11.8 Å². The van der Waals surface area contributed by atoms with Crippen LogP contribution in [-0.4, -0.2) is 21.5 Å². The summed E-state index contributed by atoms with van der Waals surface area (Å²) in [7, 11) is 0. The first-order valence-electron chi connectivity index (χ1n) is 6.71. The Morgan fingerprint density at radius 3 is 2.35 bits per heavy atom. The van der Waals surface area contributed by atoms with E-state index in [1.54, 1.807) is 11.8 Å². The second kappa shape index (κ2) is 5.92. The lowest BCUT2D eigenvalue weighted by Gasteiger charge is -2.16. The van der Waals surface area contributed by atoms with Crippen molar-refractivity contribution in [2.75, 3.05) is 5.75 Å². The van der Waals surface area contributed by atoms with Gasteiger partial charge in [-0.3, -0.25) is 4.79 Å². The minimum atomic E-state index is -0.267. The Hall–Kier alpha value is -1.42. The van der Waals surface area contributed by atoms with E-state index in [0.717, 1.165) is 28.2 Å². The van der Waals surface area contributed by atoms with E-state index >= 15 is 0 Å². The molecule has 0 saturated heterocycles. The number of hydrogen-bond donors (Lipinski definition) is 0. The van der Waals surface area contributed by atoms with Crippen molar-refractivity contribution >= 4 is 28.6 Å². The summed E-state index contributed by atoms with van der Waals surface area (Å²) in [6, 6.07) is 7.87. The summed E-state index contributed by atoms with van der Waals surface area (Å²) in [6.45, 7) is 7.84. The van der Waals surface area contributed by atoms with Crippen LogP contribution < -0.4 is 0 Å². The first-order chi connectivity index (χ1) is 9.38.